The fourth-order valence-corrected chi connectivity index (χ4v) is 10.3. The topological polar surface area (TPSA) is 92.3 Å². The second kappa shape index (κ2) is 14.8. The third-order valence-corrected chi connectivity index (χ3v) is 12.3. The summed E-state index contributed by atoms with van der Waals surface area (Å²) in [4.78, 5) is 15.8. The summed E-state index contributed by atoms with van der Waals surface area (Å²) in [5.41, 5.74) is 6.26. The lowest BCUT2D eigenvalue weighted by Crippen LogP contribution is -2.61. The van der Waals surface area contributed by atoms with Crippen molar-refractivity contribution in [3.8, 4) is 11.1 Å². The highest BCUT2D eigenvalue weighted by Gasteiger charge is 2.51. The standard InChI is InChI=1S/C42H53N3O5/c1-48-27-36-6-4-16-45(36)25-37-20-39(33-10-8-28(26-46)9-11-33)50-40(49-37)34-14-12-32(13-15-34)38-7-3-2-5-35(38)24-43-41(47)44-42-21-29-17-30(22-42)19-31(18-29)23-42/h2-3,5,7-15,29-31,36-37,39-40,46H,4,6,16-27H2,1H3,(H2,43,44,47). The summed E-state index contributed by atoms with van der Waals surface area (Å²) in [7, 11) is 1.78. The van der Waals surface area contributed by atoms with Crippen LogP contribution in [0.3, 0.4) is 0 Å². The van der Waals surface area contributed by atoms with E-state index in [2.05, 4.69) is 70.1 Å². The number of rotatable bonds is 11. The van der Waals surface area contributed by atoms with Crippen molar-refractivity contribution in [1.82, 2.24) is 15.5 Å². The van der Waals surface area contributed by atoms with Gasteiger partial charge in [-0.2, -0.15) is 0 Å². The van der Waals surface area contributed by atoms with Crippen molar-refractivity contribution in [1.29, 1.82) is 0 Å². The molecule has 0 radical (unpaired) electrons. The highest BCUT2D eigenvalue weighted by molar-refractivity contribution is 5.76. The molecule has 3 aromatic rings. The molecule has 0 spiro atoms. The van der Waals surface area contributed by atoms with E-state index in [1.807, 2.05) is 18.2 Å². The van der Waals surface area contributed by atoms with E-state index >= 15 is 0 Å². The molecule has 3 aromatic carbocycles. The molecule has 4 atom stereocenters. The van der Waals surface area contributed by atoms with Crippen molar-refractivity contribution in [2.75, 3.05) is 26.8 Å². The number of amides is 2. The lowest BCUT2D eigenvalue weighted by molar-refractivity contribution is -0.253. The Morgan fingerprint density at radius 1 is 0.900 bits per heavy atom. The minimum Gasteiger partial charge on any atom is -0.392 e. The molecule has 4 saturated carbocycles. The van der Waals surface area contributed by atoms with E-state index in [9.17, 15) is 9.90 Å². The van der Waals surface area contributed by atoms with Crippen LogP contribution in [0.15, 0.2) is 72.8 Å². The lowest BCUT2D eigenvalue weighted by atomic mass is 9.53. The van der Waals surface area contributed by atoms with Crippen LogP contribution in [-0.2, 0) is 27.4 Å². The Morgan fingerprint density at radius 2 is 1.60 bits per heavy atom. The van der Waals surface area contributed by atoms with E-state index in [0.717, 1.165) is 103 Å². The number of likely N-dealkylation sites (tertiary alicyclic amines) is 1. The molecule has 2 saturated heterocycles. The summed E-state index contributed by atoms with van der Waals surface area (Å²) in [5, 5.41) is 16.2. The SMILES string of the molecule is COCC1CCCN1CC1CC(c2ccc(CO)cc2)OC(c2ccc(-c3ccccc3CNC(=O)NC34CC5CC(CC(C5)C3)C4)cc2)O1. The van der Waals surface area contributed by atoms with Gasteiger partial charge in [0.05, 0.1) is 25.4 Å². The van der Waals surface area contributed by atoms with Crippen molar-refractivity contribution in [2.45, 2.75) is 101 Å². The third-order valence-electron chi connectivity index (χ3n) is 12.3. The Morgan fingerprint density at radius 3 is 2.30 bits per heavy atom. The molecule has 3 N–H and O–H groups in total. The maximum atomic E-state index is 13.2. The van der Waals surface area contributed by atoms with Crippen LogP contribution in [0.2, 0.25) is 0 Å². The van der Waals surface area contributed by atoms with Gasteiger partial charge in [-0.25, -0.2) is 4.79 Å². The van der Waals surface area contributed by atoms with Crippen molar-refractivity contribution in [3.05, 3.63) is 95.1 Å². The van der Waals surface area contributed by atoms with Crippen LogP contribution in [0, 0.1) is 17.8 Å². The maximum absolute atomic E-state index is 13.2. The maximum Gasteiger partial charge on any atom is 0.315 e. The minimum atomic E-state index is -0.501. The molecule has 266 valence electrons. The van der Waals surface area contributed by atoms with Crippen LogP contribution in [0.5, 0.6) is 0 Å². The van der Waals surface area contributed by atoms with Gasteiger partial charge in [-0.05, 0) is 103 Å². The normalized spacial score (nSPS) is 31.9. The molecule has 2 aliphatic heterocycles. The summed E-state index contributed by atoms with van der Waals surface area (Å²) >= 11 is 0. The molecular weight excluding hydrogens is 626 g/mol. The number of hydrogen-bond donors (Lipinski definition) is 3. The van der Waals surface area contributed by atoms with Gasteiger partial charge in [-0.3, -0.25) is 4.90 Å². The number of aliphatic hydroxyl groups excluding tert-OH is 1. The van der Waals surface area contributed by atoms with Gasteiger partial charge >= 0.3 is 6.03 Å². The number of benzene rings is 3. The van der Waals surface area contributed by atoms with Gasteiger partial charge in [0.25, 0.3) is 0 Å². The Labute approximate surface area is 296 Å². The molecule has 2 heterocycles. The largest absolute Gasteiger partial charge is 0.392 e. The number of carbonyl (C=O) groups excluding carboxylic acids is 1. The summed E-state index contributed by atoms with van der Waals surface area (Å²) < 4.78 is 18.9. The predicted octanol–water partition coefficient (Wildman–Crippen LogP) is 7.27. The molecule has 6 aliphatic rings. The van der Waals surface area contributed by atoms with Gasteiger partial charge in [0, 0.05) is 43.8 Å². The Bertz CT molecular complexity index is 1580. The fraction of sp³-hybridized carbons (Fsp3) is 0.548. The van der Waals surface area contributed by atoms with E-state index in [1.54, 1.807) is 7.11 Å². The van der Waals surface area contributed by atoms with Crippen LogP contribution >= 0.6 is 0 Å². The number of ether oxygens (including phenoxy) is 3. The molecule has 4 bridgehead atoms. The van der Waals surface area contributed by atoms with Crippen LogP contribution in [0.4, 0.5) is 4.79 Å². The van der Waals surface area contributed by atoms with Crippen molar-refractivity contribution < 1.29 is 24.1 Å². The first-order valence-corrected chi connectivity index (χ1v) is 18.9. The molecule has 4 aliphatic carbocycles. The van der Waals surface area contributed by atoms with Crippen molar-refractivity contribution in [2.24, 2.45) is 17.8 Å². The van der Waals surface area contributed by atoms with Gasteiger partial charge in [0.1, 0.15) is 0 Å². The average molecular weight is 680 g/mol. The minimum absolute atomic E-state index is 0.00154. The van der Waals surface area contributed by atoms with Gasteiger partial charge in [0.2, 0.25) is 0 Å². The molecule has 4 unspecified atom stereocenters. The average Bonchev–Trinajstić information content (AvgIpc) is 3.56. The van der Waals surface area contributed by atoms with E-state index in [1.165, 1.54) is 25.7 Å². The van der Waals surface area contributed by atoms with Gasteiger partial charge in [-0.1, -0.05) is 72.8 Å². The highest BCUT2D eigenvalue weighted by atomic mass is 16.7. The molecule has 2 amide bonds. The van der Waals surface area contributed by atoms with E-state index in [0.29, 0.717) is 12.6 Å². The second-order valence-electron chi connectivity index (χ2n) is 15.9. The molecule has 50 heavy (non-hydrogen) atoms. The first-order valence-electron chi connectivity index (χ1n) is 18.9. The molecule has 8 nitrogen and oxygen atoms in total. The smallest absolute Gasteiger partial charge is 0.315 e. The first-order chi connectivity index (χ1) is 24.5. The number of nitrogens with one attached hydrogen (secondary N) is 2. The Kier molecular flexibility index (Phi) is 9.99. The number of urea groups is 1. The summed E-state index contributed by atoms with van der Waals surface area (Å²) in [6.45, 7) is 3.14. The Hall–Kier alpha value is -3.27. The number of aliphatic hydroxyl groups is 1. The van der Waals surface area contributed by atoms with Gasteiger partial charge < -0.3 is 30.0 Å². The Balaban J connectivity index is 0.951. The lowest BCUT2D eigenvalue weighted by Gasteiger charge is -2.56. The van der Waals surface area contributed by atoms with Crippen LogP contribution in [0.1, 0.15) is 92.4 Å². The first kappa shape index (κ1) is 33.9. The van der Waals surface area contributed by atoms with E-state index < -0.39 is 6.29 Å². The second-order valence-corrected chi connectivity index (χ2v) is 15.9. The number of hydrogen-bond acceptors (Lipinski definition) is 6. The van der Waals surface area contributed by atoms with Crippen molar-refractivity contribution in [3.63, 3.8) is 0 Å². The number of methoxy groups -OCH3 is 1. The zero-order valence-electron chi connectivity index (χ0n) is 29.4. The third kappa shape index (κ3) is 7.37. The molecule has 0 aromatic heterocycles. The molecule has 8 heteroatoms. The molecule has 9 rings (SSSR count). The number of carbonyl (C=O) groups is 1. The summed E-state index contributed by atoms with van der Waals surface area (Å²) in [6.07, 6.45) is 10.0. The van der Waals surface area contributed by atoms with E-state index in [4.69, 9.17) is 14.2 Å². The van der Waals surface area contributed by atoms with Gasteiger partial charge in [-0.15, -0.1) is 0 Å². The number of nitrogens with zero attached hydrogens (tertiary/aromatic N) is 1. The van der Waals surface area contributed by atoms with Crippen LogP contribution < -0.4 is 10.6 Å². The van der Waals surface area contributed by atoms with Crippen molar-refractivity contribution >= 4 is 6.03 Å². The monoisotopic (exact) mass is 679 g/mol. The zero-order chi connectivity index (χ0) is 34.1. The summed E-state index contributed by atoms with van der Waals surface area (Å²) in [5.74, 6) is 2.38. The zero-order valence-corrected chi connectivity index (χ0v) is 29.4. The van der Waals surface area contributed by atoms with Crippen LogP contribution in [0.25, 0.3) is 11.1 Å². The fourth-order valence-electron chi connectivity index (χ4n) is 10.3. The predicted molar refractivity (Wildman–Crippen MR) is 193 cm³/mol. The van der Waals surface area contributed by atoms with Crippen LogP contribution in [-0.4, -0.2) is 60.5 Å². The summed E-state index contributed by atoms with van der Waals surface area (Å²) in [6, 6.07) is 25.3. The highest BCUT2D eigenvalue weighted by Crippen LogP contribution is 2.55. The quantitative estimate of drug-likeness (QED) is 0.198. The molecule has 6 fully saturated rings. The van der Waals surface area contributed by atoms with Gasteiger partial charge in [0.15, 0.2) is 6.29 Å². The van der Waals surface area contributed by atoms with E-state index in [-0.39, 0.29) is 30.4 Å². The molecular formula is C42H53N3O5.